The van der Waals surface area contributed by atoms with Gasteiger partial charge in [-0.3, -0.25) is 9.89 Å². The van der Waals surface area contributed by atoms with E-state index in [0.717, 1.165) is 29.8 Å². The Labute approximate surface area is 163 Å². The largest absolute Gasteiger partial charge is 0.508 e. The standard InChI is InChI=1S/C22H23N3O3/c1-28-19-8-4-17(5-9-19)21-20(14-23-24-21)22(27)25-12-10-16(11-13-25)15-2-6-18(26)7-3-15/h2-9,14,16,26H,10-13H2,1H3,(H,23,24). The van der Waals surface area contributed by atoms with E-state index in [9.17, 15) is 9.90 Å². The molecule has 1 aliphatic heterocycles. The number of aromatic nitrogens is 2. The normalized spacial score (nSPS) is 14.8. The van der Waals surface area contributed by atoms with E-state index in [1.807, 2.05) is 41.3 Å². The molecule has 2 heterocycles. The van der Waals surface area contributed by atoms with Gasteiger partial charge in [-0.2, -0.15) is 5.10 Å². The molecule has 0 bridgehead atoms. The summed E-state index contributed by atoms with van der Waals surface area (Å²) in [6.07, 6.45) is 3.42. The lowest BCUT2D eigenvalue weighted by atomic mass is 9.89. The molecule has 6 heteroatoms. The molecule has 1 saturated heterocycles. The van der Waals surface area contributed by atoms with Crippen molar-refractivity contribution < 1.29 is 14.6 Å². The zero-order valence-corrected chi connectivity index (χ0v) is 15.8. The number of nitrogens with one attached hydrogen (secondary N) is 1. The predicted molar refractivity (Wildman–Crippen MR) is 107 cm³/mol. The van der Waals surface area contributed by atoms with Crippen LogP contribution >= 0.6 is 0 Å². The number of carbonyl (C=O) groups is 1. The molecular weight excluding hydrogens is 354 g/mol. The number of methoxy groups -OCH3 is 1. The van der Waals surface area contributed by atoms with Gasteiger partial charge in [-0.25, -0.2) is 0 Å². The second-order valence-electron chi connectivity index (χ2n) is 7.05. The van der Waals surface area contributed by atoms with Crippen molar-refractivity contribution in [2.45, 2.75) is 18.8 Å². The van der Waals surface area contributed by atoms with E-state index in [1.165, 1.54) is 5.56 Å². The lowest BCUT2D eigenvalue weighted by molar-refractivity contribution is 0.0714. The first-order valence-electron chi connectivity index (χ1n) is 9.41. The maximum Gasteiger partial charge on any atom is 0.257 e. The van der Waals surface area contributed by atoms with Crippen LogP contribution in [0.15, 0.2) is 54.7 Å². The smallest absolute Gasteiger partial charge is 0.257 e. The summed E-state index contributed by atoms with van der Waals surface area (Å²) in [5.74, 6) is 1.47. The zero-order valence-electron chi connectivity index (χ0n) is 15.8. The van der Waals surface area contributed by atoms with Gasteiger partial charge in [0.2, 0.25) is 0 Å². The maximum atomic E-state index is 13.1. The van der Waals surface area contributed by atoms with Gasteiger partial charge in [0.25, 0.3) is 5.91 Å². The Morgan fingerprint density at radius 3 is 2.43 bits per heavy atom. The summed E-state index contributed by atoms with van der Waals surface area (Å²) in [6, 6.07) is 14.9. The van der Waals surface area contributed by atoms with Gasteiger partial charge in [0.05, 0.1) is 24.6 Å². The second-order valence-corrected chi connectivity index (χ2v) is 7.05. The summed E-state index contributed by atoms with van der Waals surface area (Å²) in [6.45, 7) is 1.41. The number of benzene rings is 2. The molecule has 0 saturated carbocycles. The van der Waals surface area contributed by atoms with Crippen LogP contribution < -0.4 is 4.74 Å². The van der Waals surface area contributed by atoms with Crippen molar-refractivity contribution in [3.8, 4) is 22.8 Å². The first-order valence-corrected chi connectivity index (χ1v) is 9.41. The Morgan fingerprint density at radius 2 is 1.79 bits per heavy atom. The van der Waals surface area contributed by atoms with Crippen molar-refractivity contribution >= 4 is 5.91 Å². The Kier molecular flexibility index (Phi) is 5.02. The number of piperidine rings is 1. The molecule has 28 heavy (non-hydrogen) atoms. The topological polar surface area (TPSA) is 78.5 Å². The lowest BCUT2D eigenvalue weighted by Gasteiger charge is -2.32. The molecule has 1 aliphatic rings. The molecule has 3 aromatic rings. The molecule has 2 N–H and O–H groups in total. The van der Waals surface area contributed by atoms with Crippen LogP contribution in [0.25, 0.3) is 11.3 Å². The van der Waals surface area contributed by atoms with Gasteiger partial charge in [0.1, 0.15) is 11.5 Å². The van der Waals surface area contributed by atoms with E-state index in [0.29, 0.717) is 24.6 Å². The summed E-state index contributed by atoms with van der Waals surface area (Å²) >= 11 is 0. The molecule has 6 nitrogen and oxygen atoms in total. The highest BCUT2D eigenvalue weighted by atomic mass is 16.5. The zero-order chi connectivity index (χ0) is 19.5. The van der Waals surface area contributed by atoms with E-state index < -0.39 is 0 Å². The minimum Gasteiger partial charge on any atom is -0.508 e. The summed E-state index contributed by atoms with van der Waals surface area (Å²) in [7, 11) is 1.63. The maximum absolute atomic E-state index is 13.1. The average Bonchev–Trinajstić information content (AvgIpc) is 3.24. The van der Waals surface area contributed by atoms with Gasteiger partial charge in [-0.1, -0.05) is 12.1 Å². The molecule has 4 rings (SSSR count). The lowest BCUT2D eigenvalue weighted by Crippen LogP contribution is -2.38. The van der Waals surface area contributed by atoms with Crippen molar-refractivity contribution in [2.24, 2.45) is 0 Å². The van der Waals surface area contributed by atoms with Gasteiger partial charge in [0.15, 0.2) is 0 Å². The number of nitrogens with zero attached hydrogens (tertiary/aromatic N) is 2. The first-order chi connectivity index (χ1) is 13.7. The van der Waals surface area contributed by atoms with Gasteiger partial charge >= 0.3 is 0 Å². The highest BCUT2D eigenvalue weighted by Crippen LogP contribution is 2.31. The Balaban J connectivity index is 1.46. The molecule has 0 atom stereocenters. The SMILES string of the molecule is COc1ccc(-c2[nH]ncc2C(=O)N2CCC(c3ccc(O)cc3)CC2)cc1. The third-order valence-electron chi connectivity index (χ3n) is 5.40. The minimum absolute atomic E-state index is 0.00345. The van der Waals surface area contributed by atoms with E-state index in [2.05, 4.69) is 10.2 Å². The fourth-order valence-electron chi connectivity index (χ4n) is 3.76. The van der Waals surface area contributed by atoms with Crippen molar-refractivity contribution in [3.63, 3.8) is 0 Å². The molecule has 0 spiro atoms. The fraction of sp³-hybridized carbons (Fsp3) is 0.273. The second kappa shape index (κ2) is 7.76. The first kappa shape index (κ1) is 18.1. The van der Waals surface area contributed by atoms with Crippen LogP contribution in [-0.4, -0.2) is 46.3 Å². The number of hydrogen-bond donors (Lipinski definition) is 2. The number of aromatic amines is 1. The Morgan fingerprint density at radius 1 is 1.11 bits per heavy atom. The summed E-state index contributed by atoms with van der Waals surface area (Å²) in [4.78, 5) is 15.0. The number of rotatable bonds is 4. The number of hydrogen-bond acceptors (Lipinski definition) is 4. The highest BCUT2D eigenvalue weighted by molar-refractivity contribution is 5.99. The molecule has 0 aliphatic carbocycles. The number of aromatic hydroxyl groups is 1. The predicted octanol–water partition coefficient (Wildman–Crippen LogP) is 3.81. The molecule has 144 valence electrons. The molecule has 1 amide bonds. The molecule has 0 unspecified atom stereocenters. The van der Waals surface area contributed by atoms with Crippen molar-refractivity contribution in [1.82, 2.24) is 15.1 Å². The van der Waals surface area contributed by atoms with E-state index in [4.69, 9.17) is 4.74 Å². The van der Waals surface area contributed by atoms with Crippen LogP contribution in [0.3, 0.4) is 0 Å². The van der Waals surface area contributed by atoms with E-state index >= 15 is 0 Å². The van der Waals surface area contributed by atoms with Gasteiger partial charge < -0.3 is 14.7 Å². The molecular formula is C22H23N3O3. The third-order valence-corrected chi connectivity index (χ3v) is 5.40. The van der Waals surface area contributed by atoms with E-state index in [1.54, 1.807) is 25.4 Å². The summed E-state index contributed by atoms with van der Waals surface area (Å²) in [5.41, 5.74) is 3.44. The third kappa shape index (κ3) is 3.58. The number of likely N-dealkylation sites (tertiary alicyclic amines) is 1. The van der Waals surface area contributed by atoms with Crippen LogP contribution in [0.1, 0.15) is 34.7 Å². The summed E-state index contributed by atoms with van der Waals surface area (Å²) in [5, 5.41) is 16.5. The van der Waals surface area contributed by atoms with Crippen LogP contribution in [0.2, 0.25) is 0 Å². The van der Waals surface area contributed by atoms with Crippen molar-refractivity contribution in [2.75, 3.05) is 20.2 Å². The number of ether oxygens (including phenoxy) is 1. The van der Waals surface area contributed by atoms with Gasteiger partial charge in [-0.05, 0) is 60.7 Å². The Hall–Kier alpha value is -3.28. The molecule has 1 aromatic heterocycles. The molecule has 1 fully saturated rings. The highest BCUT2D eigenvalue weighted by Gasteiger charge is 2.27. The van der Waals surface area contributed by atoms with Crippen LogP contribution in [0, 0.1) is 0 Å². The van der Waals surface area contributed by atoms with Crippen LogP contribution in [0.5, 0.6) is 11.5 Å². The van der Waals surface area contributed by atoms with Crippen LogP contribution in [-0.2, 0) is 0 Å². The summed E-state index contributed by atoms with van der Waals surface area (Å²) < 4.78 is 5.20. The van der Waals surface area contributed by atoms with Gasteiger partial charge in [-0.15, -0.1) is 0 Å². The van der Waals surface area contributed by atoms with Gasteiger partial charge in [0, 0.05) is 18.7 Å². The average molecular weight is 377 g/mol. The van der Waals surface area contributed by atoms with Crippen LogP contribution in [0.4, 0.5) is 0 Å². The molecule has 2 aromatic carbocycles. The van der Waals surface area contributed by atoms with Crippen molar-refractivity contribution in [1.29, 1.82) is 0 Å². The monoisotopic (exact) mass is 377 g/mol. The van der Waals surface area contributed by atoms with Crippen molar-refractivity contribution in [3.05, 3.63) is 65.9 Å². The van der Waals surface area contributed by atoms with E-state index in [-0.39, 0.29) is 11.7 Å². The number of phenolic OH excluding ortho intramolecular Hbond substituents is 1. The number of phenols is 1. The number of carbonyl (C=O) groups excluding carboxylic acids is 1. The molecule has 0 radical (unpaired) electrons. The fourth-order valence-corrected chi connectivity index (χ4v) is 3.76. The number of H-pyrrole nitrogens is 1. The number of amides is 1. The quantitative estimate of drug-likeness (QED) is 0.725. The minimum atomic E-state index is 0.00345. The Bertz CT molecular complexity index is 940.